The molecule has 168 valence electrons. The highest BCUT2D eigenvalue weighted by Gasteiger charge is 2.01. The third kappa shape index (κ3) is 23.4. The van der Waals surface area contributed by atoms with Gasteiger partial charge in [0.15, 0.2) is 0 Å². The van der Waals surface area contributed by atoms with Crippen LogP contribution in [0.3, 0.4) is 0 Å². The first kappa shape index (κ1) is 27.4. The number of hydrogen-bond donors (Lipinski definition) is 2. The first-order valence-corrected chi connectivity index (χ1v) is 12.0. The molecule has 0 aromatic carbocycles. The zero-order valence-corrected chi connectivity index (χ0v) is 19.2. The SMILES string of the molecule is CCCCCCCCCCCC(=O)NCCCCCCNCCC[N+](C)(C)[O-]. The molecule has 0 saturated carbocycles. The molecule has 0 unspecified atom stereocenters. The predicted molar refractivity (Wildman–Crippen MR) is 121 cm³/mol. The fourth-order valence-electron chi connectivity index (χ4n) is 3.35. The molecule has 0 aliphatic carbocycles. The summed E-state index contributed by atoms with van der Waals surface area (Å²) in [7, 11) is 3.38. The Balaban J connectivity index is 3.19. The predicted octanol–water partition coefficient (Wildman–Crippen LogP) is 5.14. The van der Waals surface area contributed by atoms with Crippen LogP contribution in [0.4, 0.5) is 0 Å². The molecule has 0 heterocycles. The number of nitrogens with zero attached hydrogens (tertiary/aromatic N) is 1. The zero-order valence-electron chi connectivity index (χ0n) is 19.2. The lowest BCUT2D eigenvalue weighted by atomic mass is 10.1. The van der Waals surface area contributed by atoms with Crippen molar-refractivity contribution in [2.24, 2.45) is 0 Å². The van der Waals surface area contributed by atoms with Crippen LogP contribution in [-0.4, -0.2) is 50.8 Å². The van der Waals surface area contributed by atoms with E-state index in [1.54, 1.807) is 14.1 Å². The van der Waals surface area contributed by atoms with Crippen molar-refractivity contribution in [3.05, 3.63) is 5.21 Å². The highest BCUT2D eigenvalue weighted by Crippen LogP contribution is 2.10. The molecular formula is C23H49N3O2. The van der Waals surface area contributed by atoms with Gasteiger partial charge in [0.05, 0.1) is 20.6 Å². The Morgan fingerprint density at radius 2 is 1.21 bits per heavy atom. The van der Waals surface area contributed by atoms with Gasteiger partial charge in [-0.2, -0.15) is 0 Å². The molecule has 0 aliphatic heterocycles. The van der Waals surface area contributed by atoms with Crippen LogP contribution in [0.2, 0.25) is 0 Å². The Morgan fingerprint density at radius 1 is 0.714 bits per heavy atom. The minimum absolute atomic E-state index is 0.202. The summed E-state index contributed by atoms with van der Waals surface area (Å²) in [6, 6.07) is 0. The van der Waals surface area contributed by atoms with Crippen LogP contribution in [0, 0.1) is 5.21 Å². The van der Waals surface area contributed by atoms with Gasteiger partial charge < -0.3 is 20.5 Å². The number of nitrogens with one attached hydrogen (secondary N) is 2. The molecule has 0 aromatic rings. The van der Waals surface area contributed by atoms with Gasteiger partial charge in [-0.1, -0.05) is 71.1 Å². The number of carbonyl (C=O) groups is 1. The van der Waals surface area contributed by atoms with Gasteiger partial charge in [-0.05, 0) is 25.8 Å². The first-order chi connectivity index (χ1) is 13.5. The van der Waals surface area contributed by atoms with Crippen molar-refractivity contribution in [3.8, 4) is 0 Å². The molecule has 5 heteroatoms. The molecule has 0 aliphatic rings. The summed E-state index contributed by atoms with van der Waals surface area (Å²) in [5.74, 6) is 0.226. The number of hydroxylamine groups is 3. The molecule has 1 amide bonds. The van der Waals surface area contributed by atoms with E-state index in [1.165, 1.54) is 70.6 Å². The molecule has 0 fully saturated rings. The van der Waals surface area contributed by atoms with Crippen LogP contribution in [0.5, 0.6) is 0 Å². The molecule has 0 radical (unpaired) electrons. The Hall–Kier alpha value is -0.650. The average molecular weight is 400 g/mol. The van der Waals surface area contributed by atoms with Gasteiger partial charge in [0.25, 0.3) is 0 Å². The van der Waals surface area contributed by atoms with Crippen molar-refractivity contribution in [1.29, 1.82) is 0 Å². The Labute approximate surface area is 175 Å². The Bertz CT molecular complexity index is 343. The first-order valence-electron chi connectivity index (χ1n) is 12.0. The summed E-state index contributed by atoms with van der Waals surface area (Å²) < 4.78 is -0.202. The maximum absolute atomic E-state index is 11.8. The standard InChI is InChI=1S/C23H49N3O2/c1-4-5-6-7-8-9-10-11-14-18-23(27)25-21-16-13-12-15-19-24-20-17-22-26(2,3)28/h24H,4-22H2,1-3H3,(H,25,27). The lowest BCUT2D eigenvalue weighted by Gasteiger charge is -2.33. The lowest BCUT2D eigenvalue weighted by molar-refractivity contribution is -0.840. The van der Waals surface area contributed by atoms with E-state index in [9.17, 15) is 10.0 Å². The van der Waals surface area contributed by atoms with Gasteiger partial charge in [-0.3, -0.25) is 4.79 Å². The van der Waals surface area contributed by atoms with Gasteiger partial charge in [0.1, 0.15) is 0 Å². The second-order valence-corrected chi connectivity index (χ2v) is 8.74. The lowest BCUT2D eigenvalue weighted by Crippen LogP contribution is -2.35. The largest absolute Gasteiger partial charge is 0.633 e. The second-order valence-electron chi connectivity index (χ2n) is 8.74. The third-order valence-corrected chi connectivity index (χ3v) is 5.16. The van der Waals surface area contributed by atoms with Gasteiger partial charge in [-0.25, -0.2) is 0 Å². The van der Waals surface area contributed by atoms with Crippen molar-refractivity contribution < 1.29 is 9.44 Å². The number of hydrogen-bond acceptors (Lipinski definition) is 3. The number of quaternary nitrogens is 1. The molecule has 2 N–H and O–H groups in total. The Kier molecular flexibility index (Phi) is 19.2. The molecule has 0 aromatic heterocycles. The fourth-order valence-corrected chi connectivity index (χ4v) is 3.35. The normalized spacial score (nSPS) is 11.7. The van der Waals surface area contributed by atoms with Crippen molar-refractivity contribution in [1.82, 2.24) is 10.6 Å². The fraction of sp³-hybridized carbons (Fsp3) is 0.957. The van der Waals surface area contributed by atoms with E-state index >= 15 is 0 Å². The van der Waals surface area contributed by atoms with E-state index in [0.717, 1.165) is 38.9 Å². The number of carbonyl (C=O) groups excluding carboxylic acids is 1. The van der Waals surface area contributed by atoms with Gasteiger partial charge in [-0.15, -0.1) is 0 Å². The topological polar surface area (TPSA) is 64.2 Å². The smallest absolute Gasteiger partial charge is 0.219 e. The summed E-state index contributed by atoms with van der Waals surface area (Å²) in [6.45, 7) is 5.70. The Morgan fingerprint density at radius 3 is 1.82 bits per heavy atom. The van der Waals surface area contributed by atoms with E-state index in [-0.39, 0.29) is 10.6 Å². The van der Waals surface area contributed by atoms with E-state index in [0.29, 0.717) is 13.0 Å². The summed E-state index contributed by atoms with van der Waals surface area (Å²) in [5, 5.41) is 17.9. The van der Waals surface area contributed by atoms with Crippen LogP contribution in [0.25, 0.3) is 0 Å². The maximum Gasteiger partial charge on any atom is 0.219 e. The third-order valence-electron chi connectivity index (χ3n) is 5.16. The minimum Gasteiger partial charge on any atom is -0.633 e. The molecule has 0 spiro atoms. The molecule has 0 saturated heterocycles. The molecule has 5 nitrogen and oxygen atoms in total. The number of rotatable bonds is 21. The average Bonchev–Trinajstić information content (AvgIpc) is 2.64. The van der Waals surface area contributed by atoms with E-state index in [1.807, 2.05) is 0 Å². The summed E-state index contributed by atoms with van der Waals surface area (Å²) in [4.78, 5) is 11.8. The second kappa shape index (κ2) is 19.7. The van der Waals surface area contributed by atoms with Gasteiger partial charge >= 0.3 is 0 Å². The van der Waals surface area contributed by atoms with E-state index < -0.39 is 0 Å². The molecule has 0 atom stereocenters. The summed E-state index contributed by atoms with van der Waals surface area (Å²) in [6.07, 6.45) is 17.9. The van der Waals surface area contributed by atoms with E-state index in [2.05, 4.69) is 17.6 Å². The van der Waals surface area contributed by atoms with Crippen molar-refractivity contribution in [2.45, 2.75) is 103 Å². The number of amides is 1. The van der Waals surface area contributed by atoms with Crippen molar-refractivity contribution in [2.75, 3.05) is 40.3 Å². The molecule has 0 rings (SSSR count). The van der Waals surface area contributed by atoms with Crippen LogP contribution in [0.1, 0.15) is 103 Å². The highest BCUT2D eigenvalue weighted by atomic mass is 16.5. The summed E-state index contributed by atoms with van der Waals surface area (Å²) >= 11 is 0. The number of unbranched alkanes of at least 4 members (excludes halogenated alkanes) is 11. The minimum atomic E-state index is -0.202. The van der Waals surface area contributed by atoms with Crippen LogP contribution in [0.15, 0.2) is 0 Å². The van der Waals surface area contributed by atoms with Gasteiger partial charge in [0, 0.05) is 25.9 Å². The van der Waals surface area contributed by atoms with Crippen LogP contribution < -0.4 is 10.6 Å². The quantitative estimate of drug-likeness (QED) is 0.160. The van der Waals surface area contributed by atoms with E-state index in [4.69, 9.17) is 0 Å². The zero-order chi connectivity index (χ0) is 20.9. The van der Waals surface area contributed by atoms with Gasteiger partial charge in [0.2, 0.25) is 5.91 Å². The molecule has 0 bridgehead atoms. The summed E-state index contributed by atoms with van der Waals surface area (Å²) in [5.41, 5.74) is 0. The van der Waals surface area contributed by atoms with Crippen molar-refractivity contribution in [3.63, 3.8) is 0 Å². The highest BCUT2D eigenvalue weighted by molar-refractivity contribution is 5.75. The van der Waals surface area contributed by atoms with Crippen LogP contribution >= 0.6 is 0 Å². The van der Waals surface area contributed by atoms with Crippen molar-refractivity contribution >= 4 is 5.91 Å². The molecular weight excluding hydrogens is 350 g/mol. The van der Waals surface area contributed by atoms with Crippen LogP contribution in [-0.2, 0) is 4.79 Å². The molecule has 28 heavy (non-hydrogen) atoms. The monoisotopic (exact) mass is 399 g/mol. The maximum atomic E-state index is 11.8.